The smallest absolute Gasteiger partial charge is 0.264 e. The first-order valence-electron chi connectivity index (χ1n) is 10.0. The highest BCUT2D eigenvalue weighted by atomic mass is 32.2. The molecule has 1 saturated heterocycles. The molecule has 152 valence electrons. The third-order valence-corrected chi connectivity index (χ3v) is 7.17. The molecular formula is C22H31N2O3S+. The SMILES string of the molecule is Cc1ccc(S(=O)(=O)N(C[C@H](O)C[NH+]2CCCCC2)c2cccc(C)c2)cc1. The molecule has 2 aromatic rings. The van der Waals surface area contributed by atoms with Crippen molar-refractivity contribution in [2.24, 2.45) is 0 Å². The van der Waals surface area contributed by atoms with Gasteiger partial charge in [0.2, 0.25) is 0 Å². The fraction of sp³-hybridized carbons (Fsp3) is 0.455. The fourth-order valence-electron chi connectivity index (χ4n) is 3.81. The maximum absolute atomic E-state index is 13.4. The monoisotopic (exact) mass is 403 g/mol. The Morgan fingerprint density at radius 3 is 2.32 bits per heavy atom. The number of quaternary nitrogens is 1. The second-order valence-corrected chi connectivity index (χ2v) is 9.72. The molecule has 0 radical (unpaired) electrons. The van der Waals surface area contributed by atoms with E-state index in [-0.39, 0.29) is 11.4 Å². The lowest BCUT2D eigenvalue weighted by Crippen LogP contribution is -3.14. The highest BCUT2D eigenvalue weighted by Crippen LogP contribution is 2.25. The van der Waals surface area contributed by atoms with E-state index >= 15 is 0 Å². The minimum absolute atomic E-state index is 0.0587. The largest absolute Gasteiger partial charge is 0.385 e. The molecule has 1 heterocycles. The maximum atomic E-state index is 13.4. The topological polar surface area (TPSA) is 62.0 Å². The molecular weight excluding hydrogens is 372 g/mol. The third-order valence-electron chi connectivity index (χ3n) is 5.36. The van der Waals surface area contributed by atoms with E-state index in [0.29, 0.717) is 12.2 Å². The van der Waals surface area contributed by atoms with Crippen molar-refractivity contribution in [3.05, 3.63) is 59.7 Å². The van der Waals surface area contributed by atoms with Crippen LogP contribution in [0.3, 0.4) is 0 Å². The molecule has 1 aliphatic heterocycles. The van der Waals surface area contributed by atoms with Crippen LogP contribution >= 0.6 is 0 Å². The Kier molecular flexibility index (Phi) is 6.75. The number of sulfonamides is 1. The Labute approximate surface area is 168 Å². The summed E-state index contributed by atoms with van der Waals surface area (Å²) in [5.74, 6) is 0. The molecule has 3 rings (SSSR count). The summed E-state index contributed by atoms with van der Waals surface area (Å²) in [6, 6.07) is 14.3. The molecule has 6 heteroatoms. The average molecular weight is 404 g/mol. The number of benzene rings is 2. The number of piperidine rings is 1. The lowest BCUT2D eigenvalue weighted by atomic mass is 10.1. The molecule has 2 aromatic carbocycles. The normalized spacial score (nSPS) is 16.7. The van der Waals surface area contributed by atoms with E-state index in [1.54, 1.807) is 30.3 Å². The van der Waals surface area contributed by atoms with Gasteiger partial charge < -0.3 is 10.0 Å². The van der Waals surface area contributed by atoms with Gasteiger partial charge in [-0.15, -0.1) is 0 Å². The van der Waals surface area contributed by atoms with Crippen LogP contribution in [-0.4, -0.2) is 45.8 Å². The zero-order valence-electron chi connectivity index (χ0n) is 16.8. The number of aliphatic hydroxyl groups excluding tert-OH is 1. The fourth-order valence-corrected chi connectivity index (χ4v) is 5.30. The van der Waals surface area contributed by atoms with Crippen LogP contribution in [0.4, 0.5) is 5.69 Å². The molecule has 1 fully saturated rings. The first kappa shape index (κ1) is 20.8. The number of rotatable bonds is 7. The van der Waals surface area contributed by atoms with Crippen LogP contribution in [0.5, 0.6) is 0 Å². The summed E-state index contributed by atoms with van der Waals surface area (Å²) >= 11 is 0. The number of likely N-dealkylation sites (tertiary alicyclic amines) is 1. The zero-order chi connectivity index (χ0) is 20.1. The van der Waals surface area contributed by atoms with Crippen LogP contribution in [0.2, 0.25) is 0 Å². The van der Waals surface area contributed by atoms with Crippen LogP contribution in [0.1, 0.15) is 30.4 Å². The first-order valence-corrected chi connectivity index (χ1v) is 11.5. The van der Waals surface area contributed by atoms with E-state index in [2.05, 4.69) is 0 Å². The molecule has 28 heavy (non-hydrogen) atoms. The van der Waals surface area contributed by atoms with Crippen LogP contribution in [-0.2, 0) is 10.0 Å². The number of nitrogens with one attached hydrogen (secondary N) is 1. The maximum Gasteiger partial charge on any atom is 0.264 e. The van der Waals surface area contributed by atoms with E-state index in [0.717, 1.165) is 24.2 Å². The number of anilines is 1. The Morgan fingerprint density at radius 2 is 1.68 bits per heavy atom. The van der Waals surface area contributed by atoms with E-state index in [1.807, 2.05) is 32.0 Å². The van der Waals surface area contributed by atoms with Gasteiger partial charge in [-0.3, -0.25) is 4.31 Å². The molecule has 0 aromatic heterocycles. The Bertz CT molecular complexity index is 875. The quantitative estimate of drug-likeness (QED) is 0.743. The van der Waals surface area contributed by atoms with Crippen molar-refractivity contribution in [3.8, 4) is 0 Å². The van der Waals surface area contributed by atoms with Crippen LogP contribution in [0, 0.1) is 13.8 Å². The van der Waals surface area contributed by atoms with Crippen molar-refractivity contribution < 1.29 is 18.4 Å². The van der Waals surface area contributed by atoms with Gasteiger partial charge in [0.1, 0.15) is 12.6 Å². The predicted octanol–water partition coefficient (Wildman–Crippen LogP) is 1.93. The summed E-state index contributed by atoms with van der Waals surface area (Å²) in [4.78, 5) is 1.60. The summed E-state index contributed by atoms with van der Waals surface area (Å²) in [7, 11) is -3.76. The van der Waals surface area contributed by atoms with E-state index in [1.165, 1.54) is 28.5 Å². The van der Waals surface area contributed by atoms with Gasteiger partial charge >= 0.3 is 0 Å². The first-order chi connectivity index (χ1) is 13.4. The van der Waals surface area contributed by atoms with Gasteiger partial charge in [-0.2, -0.15) is 0 Å². The molecule has 0 bridgehead atoms. The molecule has 0 amide bonds. The average Bonchev–Trinajstić information content (AvgIpc) is 2.67. The number of aryl methyl sites for hydroxylation is 2. The standard InChI is InChI=1S/C22H30N2O3S/c1-18-9-11-22(12-10-18)28(26,27)24(20-8-6-7-19(2)15-20)17-21(25)16-23-13-4-3-5-14-23/h6-12,15,21,25H,3-5,13-14,16-17H2,1-2H3/p+1/t21-/m1/s1. The number of hydrogen-bond acceptors (Lipinski definition) is 3. The Balaban J connectivity index is 1.87. The van der Waals surface area contributed by atoms with Gasteiger partial charge in [-0.05, 0) is 62.9 Å². The second-order valence-electron chi connectivity index (χ2n) is 7.86. The Hall–Kier alpha value is -1.89. The molecule has 2 N–H and O–H groups in total. The highest BCUT2D eigenvalue weighted by Gasteiger charge is 2.29. The summed E-state index contributed by atoms with van der Waals surface area (Å²) in [5, 5.41) is 10.7. The number of aliphatic hydroxyl groups is 1. The van der Waals surface area contributed by atoms with Crippen molar-refractivity contribution in [2.75, 3.05) is 30.5 Å². The Morgan fingerprint density at radius 1 is 1.00 bits per heavy atom. The molecule has 0 saturated carbocycles. The van der Waals surface area contributed by atoms with Crippen molar-refractivity contribution in [3.63, 3.8) is 0 Å². The van der Waals surface area contributed by atoms with Gasteiger partial charge in [0, 0.05) is 0 Å². The van der Waals surface area contributed by atoms with E-state index < -0.39 is 16.1 Å². The third kappa shape index (κ3) is 5.13. The van der Waals surface area contributed by atoms with Gasteiger partial charge in [0.15, 0.2) is 0 Å². The lowest BCUT2D eigenvalue weighted by molar-refractivity contribution is -0.907. The predicted molar refractivity (Wildman–Crippen MR) is 112 cm³/mol. The minimum Gasteiger partial charge on any atom is -0.385 e. The van der Waals surface area contributed by atoms with Crippen molar-refractivity contribution in [1.29, 1.82) is 0 Å². The summed E-state index contributed by atoms with van der Waals surface area (Å²) < 4.78 is 28.1. The molecule has 1 aliphatic rings. The lowest BCUT2D eigenvalue weighted by Gasteiger charge is -2.30. The van der Waals surface area contributed by atoms with Gasteiger partial charge in [0.05, 0.1) is 30.2 Å². The molecule has 0 spiro atoms. The minimum atomic E-state index is -3.76. The zero-order valence-corrected chi connectivity index (χ0v) is 17.6. The summed E-state index contributed by atoms with van der Waals surface area (Å²) in [5.41, 5.74) is 2.58. The summed E-state index contributed by atoms with van der Waals surface area (Å²) in [6.07, 6.45) is 2.88. The van der Waals surface area contributed by atoms with Crippen LogP contribution in [0.25, 0.3) is 0 Å². The van der Waals surface area contributed by atoms with Crippen molar-refractivity contribution in [2.45, 2.75) is 44.1 Å². The van der Waals surface area contributed by atoms with E-state index in [9.17, 15) is 13.5 Å². The molecule has 0 unspecified atom stereocenters. The second kappa shape index (κ2) is 9.07. The van der Waals surface area contributed by atoms with Crippen molar-refractivity contribution >= 4 is 15.7 Å². The van der Waals surface area contributed by atoms with Gasteiger partial charge in [-0.25, -0.2) is 8.42 Å². The number of hydrogen-bond donors (Lipinski definition) is 2. The van der Waals surface area contributed by atoms with Gasteiger partial charge in [-0.1, -0.05) is 29.8 Å². The highest BCUT2D eigenvalue weighted by molar-refractivity contribution is 7.92. The number of nitrogens with zero attached hydrogens (tertiary/aromatic N) is 1. The van der Waals surface area contributed by atoms with E-state index in [4.69, 9.17) is 0 Å². The van der Waals surface area contributed by atoms with Crippen LogP contribution in [0.15, 0.2) is 53.4 Å². The molecule has 0 aliphatic carbocycles. The molecule has 1 atom stereocenters. The molecule has 5 nitrogen and oxygen atoms in total. The van der Waals surface area contributed by atoms with Crippen LogP contribution < -0.4 is 9.21 Å². The van der Waals surface area contributed by atoms with Gasteiger partial charge in [0.25, 0.3) is 10.0 Å². The van der Waals surface area contributed by atoms with Crippen molar-refractivity contribution in [1.82, 2.24) is 0 Å². The summed E-state index contributed by atoms with van der Waals surface area (Å²) in [6.45, 7) is 6.60.